The van der Waals surface area contributed by atoms with E-state index in [1.165, 1.54) is 0 Å². The van der Waals surface area contributed by atoms with Crippen LogP contribution in [0.4, 0.5) is 5.69 Å². The van der Waals surface area contributed by atoms with E-state index in [-0.39, 0.29) is 5.54 Å². The molecule has 2 N–H and O–H groups in total. The fourth-order valence-electron chi connectivity index (χ4n) is 2.43. The van der Waals surface area contributed by atoms with Gasteiger partial charge in [-0.2, -0.15) is 0 Å². The number of aryl methyl sites for hydroxylation is 1. The lowest BCUT2D eigenvalue weighted by Gasteiger charge is -2.25. The van der Waals surface area contributed by atoms with E-state index in [9.17, 15) is 0 Å². The van der Waals surface area contributed by atoms with Gasteiger partial charge in [0.25, 0.3) is 0 Å². The SMILES string of the molecule is CCCC(C)(C)n1nnnc1-c1cc(C)cc(N)c1. The Morgan fingerprint density at radius 1 is 1.26 bits per heavy atom. The van der Waals surface area contributed by atoms with E-state index in [1.54, 1.807) is 0 Å². The number of benzene rings is 1. The maximum Gasteiger partial charge on any atom is 0.182 e. The van der Waals surface area contributed by atoms with Gasteiger partial charge in [-0.1, -0.05) is 13.3 Å². The number of rotatable bonds is 4. The summed E-state index contributed by atoms with van der Waals surface area (Å²) >= 11 is 0. The van der Waals surface area contributed by atoms with E-state index in [1.807, 2.05) is 23.7 Å². The molecule has 5 nitrogen and oxygen atoms in total. The molecule has 19 heavy (non-hydrogen) atoms. The number of hydrogen-bond donors (Lipinski definition) is 1. The van der Waals surface area contributed by atoms with Crippen molar-refractivity contribution in [3.63, 3.8) is 0 Å². The fraction of sp³-hybridized carbons (Fsp3) is 0.500. The average molecular weight is 259 g/mol. The molecule has 1 aromatic carbocycles. The Morgan fingerprint density at radius 3 is 2.63 bits per heavy atom. The van der Waals surface area contributed by atoms with Gasteiger partial charge in [0.05, 0.1) is 5.54 Å². The second-order valence-electron chi connectivity index (χ2n) is 5.61. The molecule has 0 saturated carbocycles. The van der Waals surface area contributed by atoms with Crippen LogP contribution in [0, 0.1) is 6.92 Å². The molecule has 0 aliphatic carbocycles. The Labute approximate surface area is 113 Å². The highest BCUT2D eigenvalue weighted by atomic mass is 15.6. The first-order valence-electron chi connectivity index (χ1n) is 6.60. The van der Waals surface area contributed by atoms with Crippen molar-refractivity contribution < 1.29 is 0 Å². The van der Waals surface area contributed by atoms with E-state index in [0.29, 0.717) is 0 Å². The van der Waals surface area contributed by atoms with Crippen LogP contribution in [-0.4, -0.2) is 20.2 Å². The predicted octanol–water partition coefficient (Wildman–Crippen LogP) is 2.77. The average Bonchev–Trinajstić information content (AvgIpc) is 2.76. The molecular formula is C14H21N5. The number of nitrogen functional groups attached to an aromatic ring is 1. The minimum atomic E-state index is -0.105. The lowest BCUT2D eigenvalue weighted by atomic mass is 9.98. The van der Waals surface area contributed by atoms with Crippen molar-refractivity contribution in [1.29, 1.82) is 0 Å². The smallest absolute Gasteiger partial charge is 0.182 e. The minimum Gasteiger partial charge on any atom is -0.399 e. The van der Waals surface area contributed by atoms with Crippen LogP contribution in [0.1, 0.15) is 39.2 Å². The molecular weight excluding hydrogens is 238 g/mol. The molecule has 0 aliphatic rings. The van der Waals surface area contributed by atoms with E-state index < -0.39 is 0 Å². The lowest BCUT2D eigenvalue weighted by Crippen LogP contribution is -2.28. The lowest BCUT2D eigenvalue weighted by molar-refractivity contribution is 0.290. The van der Waals surface area contributed by atoms with Crippen LogP contribution >= 0.6 is 0 Å². The molecule has 1 aromatic heterocycles. The molecule has 0 aliphatic heterocycles. The third-order valence-electron chi connectivity index (χ3n) is 3.26. The molecule has 2 rings (SSSR count). The minimum absolute atomic E-state index is 0.105. The summed E-state index contributed by atoms with van der Waals surface area (Å²) in [4.78, 5) is 0. The third-order valence-corrected chi connectivity index (χ3v) is 3.26. The Balaban J connectivity index is 2.50. The van der Waals surface area contributed by atoms with Gasteiger partial charge in [-0.05, 0) is 61.4 Å². The monoisotopic (exact) mass is 259 g/mol. The van der Waals surface area contributed by atoms with E-state index in [0.717, 1.165) is 35.5 Å². The fourth-order valence-corrected chi connectivity index (χ4v) is 2.43. The van der Waals surface area contributed by atoms with Crippen LogP contribution in [0.25, 0.3) is 11.4 Å². The standard InChI is InChI=1S/C14H21N5/c1-5-6-14(3,4)19-13(16-17-18-19)11-7-10(2)8-12(15)9-11/h7-9H,5-6,15H2,1-4H3. The number of tetrazole rings is 1. The number of aromatic nitrogens is 4. The molecule has 0 bridgehead atoms. The highest BCUT2D eigenvalue weighted by molar-refractivity contribution is 5.62. The van der Waals surface area contributed by atoms with Gasteiger partial charge < -0.3 is 5.73 Å². The number of nitrogens with zero attached hydrogens (tertiary/aromatic N) is 4. The van der Waals surface area contributed by atoms with Crippen molar-refractivity contribution >= 4 is 5.69 Å². The van der Waals surface area contributed by atoms with Gasteiger partial charge in [0.1, 0.15) is 0 Å². The summed E-state index contributed by atoms with van der Waals surface area (Å²) in [6.45, 7) is 8.48. The molecule has 5 heteroatoms. The summed E-state index contributed by atoms with van der Waals surface area (Å²) < 4.78 is 1.89. The first-order valence-corrected chi connectivity index (χ1v) is 6.60. The number of nitrogens with two attached hydrogens (primary N) is 1. The quantitative estimate of drug-likeness (QED) is 0.857. The van der Waals surface area contributed by atoms with Crippen molar-refractivity contribution in [2.75, 3.05) is 5.73 Å². The Morgan fingerprint density at radius 2 is 2.00 bits per heavy atom. The van der Waals surface area contributed by atoms with Gasteiger partial charge in [-0.25, -0.2) is 4.68 Å². The van der Waals surface area contributed by atoms with Crippen molar-refractivity contribution in [2.24, 2.45) is 0 Å². The molecule has 2 aromatic rings. The zero-order chi connectivity index (χ0) is 14.0. The van der Waals surface area contributed by atoms with Crippen molar-refractivity contribution in [3.05, 3.63) is 23.8 Å². The molecule has 1 heterocycles. The largest absolute Gasteiger partial charge is 0.399 e. The molecule has 0 saturated heterocycles. The predicted molar refractivity (Wildman–Crippen MR) is 76.6 cm³/mol. The van der Waals surface area contributed by atoms with Crippen LogP contribution in [-0.2, 0) is 5.54 Å². The Kier molecular flexibility index (Phi) is 3.55. The summed E-state index contributed by atoms with van der Waals surface area (Å²) in [5, 5.41) is 12.1. The molecule has 0 atom stereocenters. The topological polar surface area (TPSA) is 69.6 Å². The van der Waals surface area contributed by atoms with Crippen LogP contribution < -0.4 is 5.73 Å². The van der Waals surface area contributed by atoms with Crippen molar-refractivity contribution in [2.45, 2.75) is 46.1 Å². The molecule has 102 valence electrons. The van der Waals surface area contributed by atoms with Gasteiger partial charge >= 0.3 is 0 Å². The molecule has 0 radical (unpaired) electrons. The van der Waals surface area contributed by atoms with Crippen molar-refractivity contribution in [1.82, 2.24) is 20.2 Å². The molecule has 0 amide bonds. The Hall–Kier alpha value is -1.91. The van der Waals surface area contributed by atoms with E-state index in [4.69, 9.17) is 5.73 Å². The van der Waals surface area contributed by atoms with E-state index in [2.05, 4.69) is 42.4 Å². The summed E-state index contributed by atoms with van der Waals surface area (Å²) in [5.41, 5.74) is 8.61. The second-order valence-corrected chi connectivity index (χ2v) is 5.61. The van der Waals surface area contributed by atoms with Crippen LogP contribution in [0.2, 0.25) is 0 Å². The van der Waals surface area contributed by atoms with Crippen LogP contribution in [0.3, 0.4) is 0 Å². The van der Waals surface area contributed by atoms with Crippen LogP contribution in [0.5, 0.6) is 0 Å². The van der Waals surface area contributed by atoms with Gasteiger partial charge in [0.15, 0.2) is 5.82 Å². The van der Waals surface area contributed by atoms with Gasteiger partial charge in [0, 0.05) is 11.3 Å². The third kappa shape index (κ3) is 2.75. The molecule has 0 fully saturated rings. The molecule has 0 unspecified atom stereocenters. The summed E-state index contributed by atoms with van der Waals surface area (Å²) in [7, 11) is 0. The highest BCUT2D eigenvalue weighted by Crippen LogP contribution is 2.28. The van der Waals surface area contributed by atoms with Crippen LogP contribution in [0.15, 0.2) is 18.2 Å². The maximum absolute atomic E-state index is 5.91. The number of hydrogen-bond acceptors (Lipinski definition) is 4. The highest BCUT2D eigenvalue weighted by Gasteiger charge is 2.25. The van der Waals surface area contributed by atoms with Gasteiger partial charge in [0.2, 0.25) is 0 Å². The summed E-state index contributed by atoms with van der Waals surface area (Å²) in [5.74, 6) is 0.772. The zero-order valence-electron chi connectivity index (χ0n) is 12.0. The second kappa shape index (κ2) is 4.99. The normalized spacial score (nSPS) is 11.8. The van der Waals surface area contributed by atoms with Gasteiger partial charge in [-0.3, -0.25) is 0 Å². The Bertz CT molecular complexity index is 551. The summed E-state index contributed by atoms with van der Waals surface area (Å²) in [6.07, 6.45) is 2.11. The first-order chi connectivity index (χ1) is 8.94. The zero-order valence-corrected chi connectivity index (χ0v) is 12.0. The summed E-state index contributed by atoms with van der Waals surface area (Å²) in [6, 6.07) is 5.91. The van der Waals surface area contributed by atoms with Crippen molar-refractivity contribution in [3.8, 4) is 11.4 Å². The number of anilines is 1. The maximum atomic E-state index is 5.91. The molecule has 0 spiro atoms. The van der Waals surface area contributed by atoms with E-state index >= 15 is 0 Å². The van der Waals surface area contributed by atoms with Gasteiger partial charge in [-0.15, -0.1) is 5.10 Å². The first kappa shape index (κ1) is 13.5.